The monoisotopic (exact) mass is 507 g/mol. The predicted octanol–water partition coefficient (Wildman–Crippen LogP) is 3.77. The molecule has 0 aliphatic heterocycles. The maximum absolute atomic E-state index is 12.5. The molecule has 0 unspecified atom stereocenters. The third-order valence-electron chi connectivity index (χ3n) is 4.67. The zero-order chi connectivity index (χ0) is 24.5. The van der Waals surface area contributed by atoms with E-state index in [0.29, 0.717) is 42.9 Å². The normalized spacial score (nSPS) is 11.0. The number of non-ortho nitro benzene ring substituents is 1. The van der Waals surface area contributed by atoms with Crippen LogP contribution in [0.25, 0.3) is 11.0 Å². The van der Waals surface area contributed by atoms with E-state index >= 15 is 0 Å². The number of nitrogens with zero attached hydrogens (tertiary/aromatic N) is 5. The highest BCUT2D eigenvalue weighted by molar-refractivity contribution is 7.99. The summed E-state index contributed by atoms with van der Waals surface area (Å²) in [5.74, 6) is 1.07. The average molecular weight is 508 g/mol. The minimum absolute atomic E-state index is 0.0440. The fourth-order valence-electron chi connectivity index (χ4n) is 3.05. The number of amides is 1. The molecular formula is C21H26ClN7O4S. The van der Waals surface area contributed by atoms with E-state index in [0.717, 1.165) is 23.6 Å². The summed E-state index contributed by atoms with van der Waals surface area (Å²) in [6, 6.07) is 3.75. The Hall–Kier alpha value is -2.96. The van der Waals surface area contributed by atoms with Crippen LogP contribution in [0.3, 0.4) is 0 Å². The number of nitrogens with one attached hydrogen (secondary N) is 2. The molecule has 182 valence electrons. The third kappa shape index (κ3) is 6.55. The number of aromatic nitrogens is 4. The van der Waals surface area contributed by atoms with Crippen molar-refractivity contribution in [3.63, 3.8) is 0 Å². The average Bonchev–Trinajstić information content (AvgIpc) is 3.23. The van der Waals surface area contributed by atoms with Crippen LogP contribution in [0, 0.1) is 10.1 Å². The molecule has 1 aromatic carbocycles. The van der Waals surface area contributed by atoms with Crippen LogP contribution in [0.15, 0.2) is 29.6 Å². The van der Waals surface area contributed by atoms with Gasteiger partial charge in [-0.05, 0) is 19.4 Å². The minimum Gasteiger partial charge on any atom is -0.380 e. The van der Waals surface area contributed by atoms with Crippen molar-refractivity contribution in [1.29, 1.82) is 0 Å². The zero-order valence-corrected chi connectivity index (χ0v) is 20.5. The van der Waals surface area contributed by atoms with Gasteiger partial charge in [0.25, 0.3) is 11.6 Å². The Labute approximate surface area is 205 Å². The quantitative estimate of drug-likeness (QED) is 0.116. The number of carbonyl (C=O) groups excluding carboxylic acids is 1. The molecule has 1 amide bonds. The molecule has 11 nitrogen and oxygen atoms in total. The molecule has 0 saturated carbocycles. The number of halogens is 1. The van der Waals surface area contributed by atoms with Crippen LogP contribution in [0.1, 0.15) is 30.6 Å². The van der Waals surface area contributed by atoms with Gasteiger partial charge in [0, 0.05) is 37.6 Å². The fourth-order valence-corrected chi connectivity index (χ4v) is 3.95. The number of fused-ring (bicyclic) bond motifs is 1. The van der Waals surface area contributed by atoms with Crippen molar-refractivity contribution in [2.24, 2.45) is 0 Å². The predicted molar refractivity (Wildman–Crippen MR) is 132 cm³/mol. The summed E-state index contributed by atoms with van der Waals surface area (Å²) in [6.45, 7) is 6.40. The van der Waals surface area contributed by atoms with Gasteiger partial charge in [0.05, 0.1) is 40.2 Å². The van der Waals surface area contributed by atoms with Crippen molar-refractivity contribution in [2.45, 2.75) is 32.0 Å². The first-order chi connectivity index (χ1) is 16.4. The number of nitro groups is 1. The molecule has 2 N–H and O–H groups in total. The van der Waals surface area contributed by atoms with Gasteiger partial charge in [0.15, 0.2) is 10.8 Å². The summed E-state index contributed by atoms with van der Waals surface area (Å²) >= 11 is 7.62. The smallest absolute Gasteiger partial charge is 0.270 e. The van der Waals surface area contributed by atoms with Crippen LogP contribution < -0.4 is 10.6 Å². The Morgan fingerprint density at radius 2 is 2.12 bits per heavy atom. The van der Waals surface area contributed by atoms with Gasteiger partial charge in [-0.15, -0.1) is 0 Å². The lowest BCUT2D eigenvalue weighted by molar-refractivity contribution is -0.384. The lowest BCUT2D eigenvalue weighted by atomic mass is 10.2. The summed E-state index contributed by atoms with van der Waals surface area (Å²) in [4.78, 5) is 32.2. The molecule has 0 saturated heterocycles. The van der Waals surface area contributed by atoms with Gasteiger partial charge in [-0.3, -0.25) is 14.9 Å². The number of benzene rings is 1. The lowest BCUT2D eigenvalue weighted by Gasteiger charge is -2.10. The van der Waals surface area contributed by atoms with Gasteiger partial charge >= 0.3 is 0 Å². The van der Waals surface area contributed by atoms with Crippen molar-refractivity contribution in [3.8, 4) is 0 Å². The van der Waals surface area contributed by atoms with E-state index in [-0.39, 0.29) is 22.8 Å². The molecular weight excluding hydrogens is 482 g/mol. The second-order valence-electron chi connectivity index (χ2n) is 7.11. The SMILES string of the molecule is CCCSc1nc(NCCOCC)c2cnn(CCNC(=O)c3cc([N+](=O)[O-])ccc3Cl)c2n1. The number of hydrogen-bond donors (Lipinski definition) is 2. The molecule has 2 heterocycles. The number of carbonyl (C=O) groups is 1. The molecule has 34 heavy (non-hydrogen) atoms. The maximum atomic E-state index is 12.5. The highest BCUT2D eigenvalue weighted by atomic mass is 35.5. The van der Waals surface area contributed by atoms with E-state index in [1.807, 2.05) is 6.92 Å². The van der Waals surface area contributed by atoms with Crippen molar-refractivity contribution in [2.75, 3.05) is 37.4 Å². The summed E-state index contributed by atoms with van der Waals surface area (Å²) in [5.41, 5.74) is 0.489. The Kier molecular flexibility index (Phi) is 9.42. The molecule has 3 aromatic rings. The van der Waals surface area contributed by atoms with Crippen LogP contribution >= 0.6 is 23.4 Å². The Bertz CT molecular complexity index is 1160. The Morgan fingerprint density at radius 1 is 1.29 bits per heavy atom. The van der Waals surface area contributed by atoms with Gasteiger partial charge in [-0.1, -0.05) is 30.3 Å². The molecule has 0 atom stereocenters. The highest BCUT2D eigenvalue weighted by Gasteiger charge is 2.17. The van der Waals surface area contributed by atoms with Crippen LogP contribution in [0.4, 0.5) is 11.5 Å². The third-order valence-corrected chi connectivity index (χ3v) is 6.05. The summed E-state index contributed by atoms with van der Waals surface area (Å²) in [5, 5.41) is 23.0. The number of thioether (sulfide) groups is 1. The lowest BCUT2D eigenvalue weighted by Crippen LogP contribution is -2.28. The molecule has 13 heteroatoms. The van der Waals surface area contributed by atoms with Gasteiger partial charge in [0.1, 0.15) is 5.82 Å². The molecule has 0 spiro atoms. The zero-order valence-electron chi connectivity index (χ0n) is 18.9. The first-order valence-corrected chi connectivity index (χ1v) is 12.2. The molecule has 0 fully saturated rings. The number of ether oxygens (including phenoxy) is 1. The van der Waals surface area contributed by atoms with Crippen LogP contribution in [0.5, 0.6) is 0 Å². The standard InChI is InChI=1S/C21H26ClN7O4S/c1-3-11-34-21-26-18(23-8-10-33-4-2)16-13-25-28(19(16)27-21)9-7-24-20(30)15-12-14(29(31)32)5-6-17(15)22/h5-6,12-13H,3-4,7-11H2,1-2H3,(H,24,30)(H,23,26,27). The van der Waals surface area contributed by atoms with Crippen LogP contribution in [0.2, 0.25) is 5.02 Å². The van der Waals surface area contributed by atoms with Crippen molar-refractivity contribution < 1.29 is 14.5 Å². The molecule has 0 radical (unpaired) electrons. The van der Waals surface area contributed by atoms with E-state index in [4.69, 9.17) is 16.3 Å². The summed E-state index contributed by atoms with van der Waals surface area (Å²) < 4.78 is 7.08. The first-order valence-electron chi connectivity index (χ1n) is 10.8. The molecule has 3 rings (SSSR count). The van der Waals surface area contributed by atoms with Crippen LogP contribution in [-0.2, 0) is 11.3 Å². The van der Waals surface area contributed by atoms with E-state index in [1.165, 1.54) is 12.1 Å². The number of hydrogen-bond acceptors (Lipinski definition) is 9. The number of nitro benzene ring substituents is 1. The highest BCUT2D eigenvalue weighted by Crippen LogP contribution is 2.25. The Morgan fingerprint density at radius 3 is 2.85 bits per heavy atom. The second kappa shape index (κ2) is 12.5. The topological polar surface area (TPSA) is 137 Å². The molecule has 0 bridgehead atoms. The van der Waals surface area contributed by atoms with E-state index in [9.17, 15) is 14.9 Å². The summed E-state index contributed by atoms with van der Waals surface area (Å²) in [6.07, 6.45) is 2.68. The largest absolute Gasteiger partial charge is 0.380 e. The van der Waals surface area contributed by atoms with Crippen molar-refractivity contribution >= 4 is 51.8 Å². The van der Waals surface area contributed by atoms with E-state index in [2.05, 4.69) is 32.6 Å². The molecule has 0 aliphatic carbocycles. The van der Waals surface area contributed by atoms with E-state index < -0.39 is 10.8 Å². The maximum Gasteiger partial charge on any atom is 0.270 e. The van der Waals surface area contributed by atoms with Gasteiger partial charge in [-0.2, -0.15) is 5.10 Å². The number of rotatable bonds is 13. The fraction of sp³-hybridized carbons (Fsp3) is 0.429. The van der Waals surface area contributed by atoms with Gasteiger partial charge in [-0.25, -0.2) is 14.6 Å². The van der Waals surface area contributed by atoms with E-state index in [1.54, 1.807) is 22.6 Å². The van der Waals surface area contributed by atoms with Gasteiger partial charge < -0.3 is 15.4 Å². The Balaban J connectivity index is 1.73. The summed E-state index contributed by atoms with van der Waals surface area (Å²) in [7, 11) is 0. The number of anilines is 1. The van der Waals surface area contributed by atoms with Crippen molar-refractivity contribution in [1.82, 2.24) is 25.1 Å². The second-order valence-corrected chi connectivity index (χ2v) is 8.58. The molecule has 0 aliphatic rings. The minimum atomic E-state index is -0.573. The van der Waals surface area contributed by atoms with Crippen LogP contribution in [-0.4, -0.2) is 62.6 Å². The molecule has 2 aromatic heterocycles. The van der Waals surface area contributed by atoms with Crippen molar-refractivity contribution in [3.05, 3.63) is 45.1 Å². The van der Waals surface area contributed by atoms with Gasteiger partial charge in [0.2, 0.25) is 0 Å². The first kappa shape index (κ1) is 25.7.